The SMILES string of the molecule is Cc1cc(C)c2c(n1)nn1c(=O)c(-c3nnc(Nc4ccccc4)s3)cn(C)c21. The lowest BCUT2D eigenvalue weighted by molar-refractivity contribution is 0.831. The van der Waals surface area contributed by atoms with Gasteiger partial charge in [0.05, 0.1) is 10.9 Å². The quantitative estimate of drug-likeness (QED) is 0.496. The maximum absolute atomic E-state index is 13.2. The van der Waals surface area contributed by atoms with Crippen LogP contribution < -0.4 is 10.9 Å². The molecule has 5 aromatic rings. The summed E-state index contributed by atoms with van der Waals surface area (Å²) >= 11 is 1.32. The van der Waals surface area contributed by atoms with Crippen molar-refractivity contribution in [1.29, 1.82) is 0 Å². The number of hydrogen-bond donors (Lipinski definition) is 1. The summed E-state index contributed by atoms with van der Waals surface area (Å²) < 4.78 is 3.30. The Morgan fingerprint density at radius 2 is 1.90 bits per heavy atom. The van der Waals surface area contributed by atoms with Crippen molar-refractivity contribution in [2.24, 2.45) is 7.05 Å². The van der Waals surface area contributed by atoms with E-state index in [1.165, 1.54) is 15.9 Å². The summed E-state index contributed by atoms with van der Waals surface area (Å²) in [6, 6.07) is 11.7. The molecule has 144 valence electrons. The van der Waals surface area contributed by atoms with Gasteiger partial charge in [-0.05, 0) is 37.6 Å². The van der Waals surface area contributed by atoms with Gasteiger partial charge in [0.15, 0.2) is 10.7 Å². The van der Waals surface area contributed by atoms with E-state index in [1.807, 2.05) is 61.9 Å². The number of aryl methyl sites for hydroxylation is 3. The van der Waals surface area contributed by atoms with Crippen LogP contribution in [0.2, 0.25) is 0 Å². The molecule has 0 radical (unpaired) electrons. The van der Waals surface area contributed by atoms with E-state index in [9.17, 15) is 4.79 Å². The average Bonchev–Trinajstić information content (AvgIpc) is 3.30. The first-order valence-electron chi connectivity index (χ1n) is 9.03. The number of nitrogens with one attached hydrogen (secondary N) is 1. The highest BCUT2D eigenvalue weighted by atomic mass is 32.1. The molecule has 1 N–H and O–H groups in total. The van der Waals surface area contributed by atoms with Gasteiger partial charge in [-0.25, -0.2) is 4.98 Å². The second-order valence-corrected chi connectivity index (χ2v) is 7.85. The lowest BCUT2D eigenvalue weighted by Gasteiger charge is -2.05. The van der Waals surface area contributed by atoms with Gasteiger partial charge in [-0.15, -0.1) is 15.3 Å². The third-order valence-electron chi connectivity index (χ3n) is 4.70. The van der Waals surface area contributed by atoms with Crippen molar-refractivity contribution in [3.8, 4) is 10.6 Å². The van der Waals surface area contributed by atoms with E-state index in [4.69, 9.17) is 0 Å². The van der Waals surface area contributed by atoms with Gasteiger partial charge in [0, 0.05) is 24.6 Å². The van der Waals surface area contributed by atoms with E-state index in [-0.39, 0.29) is 5.56 Å². The molecule has 0 fully saturated rings. The van der Waals surface area contributed by atoms with Gasteiger partial charge in [0.2, 0.25) is 5.13 Å². The Morgan fingerprint density at radius 1 is 1.10 bits per heavy atom. The van der Waals surface area contributed by atoms with Crippen LogP contribution in [0, 0.1) is 13.8 Å². The van der Waals surface area contributed by atoms with Crippen molar-refractivity contribution in [3.63, 3.8) is 0 Å². The molecule has 5 rings (SSSR count). The summed E-state index contributed by atoms with van der Waals surface area (Å²) in [5, 5.41) is 18.1. The van der Waals surface area contributed by atoms with Crippen LogP contribution in [0.1, 0.15) is 11.3 Å². The third-order valence-corrected chi connectivity index (χ3v) is 5.58. The minimum atomic E-state index is -0.240. The maximum Gasteiger partial charge on any atom is 0.284 e. The predicted octanol–water partition coefficient (Wildman–Crippen LogP) is 3.46. The fraction of sp³-hybridized carbons (Fsp3) is 0.150. The molecule has 29 heavy (non-hydrogen) atoms. The lowest BCUT2D eigenvalue weighted by Crippen LogP contribution is -2.19. The van der Waals surface area contributed by atoms with Crippen molar-refractivity contribution in [3.05, 3.63) is 64.2 Å². The number of pyridine rings is 1. The number of anilines is 2. The largest absolute Gasteiger partial charge is 0.334 e. The van der Waals surface area contributed by atoms with Crippen molar-refractivity contribution >= 4 is 38.8 Å². The molecule has 0 unspecified atom stereocenters. The molecule has 1 aromatic carbocycles. The molecule has 8 nitrogen and oxygen atoms in total. The topological polar surface area (TPSA) is 90.0 Å². The van der Waals surface area contributed by atoms with Crippen LogP contribution in [-0.4, -0.2) is 29.4 Å². The summed E-state index contributed by atoms with van der Waals surface area (Å²) in [6.07, 6.45) is 1.78. The fourth-order valence-corrected chi connectivity index (χ4v) is 4.24. The van der Waals surface area contributed by atoms with E-state index in [0.29, 0.717) is 27.0 Å². The van der Waals surface area contributed by atoms with E-state index in [1.54, 1.807) is 6.20 Å². The molecule has 0 spiro atoms. The molecule has 4 heterocycles. The highest BCUT2D eigenvalue weighted by molar-refractivity contribution is 7.18. The Labute approximate surface area is 169 Å². The van der Waals surface area contributed by atoms with E-state index in [0.717, 1.165) is 22.3 Å². The molecule has 0 aliphatic rings. The van der Waals surface area contributed by atoms with E-state index < -0.39 is 0 Å². The fourth-order valence-electron chi connectivity index (χ4n) is 3.48. The Bertz CT molecular complexity index is 1430. The number of hydrogen-bond acceptors (Lipinski definition) is 7. The van der Waals surface area contributed by atoms with Crippen LogP contribution in [0.5, 0.6) is 0 Å². The minimum Gasteiger partial charge on any atom is -0.334 e. The molecular weight excluding hydrogens is 386 g/mol. The molecule has 0 aliphatic heterocycles. The monoisotopic (exact) mass is 403 g/mol. The Kier molecular flexibility index (Phi) is 3.92. The summed E-state index contributed by atoms with van der Waals surface area (Å²) in [6.45, 7) is 3.92. The van der Waals surface area contributed by atoms with Crippen LogP contribution in [0.25, 0.3) is 27.3 Å². The molecule has 0 amide bonds. The molecule has 9 heteroatoms. The third kappa shape index (κ3) is 2.87. The Morgan fingerprint density at radius 3 is 2.69 bits per heavy atom. The zero-order valence-electron chi connectivity index (χ0n) is 16.0. The Hall–Kier alpha value is -3.59. The van der Waals surface area contributed by atoms with Gasteiger partial charge < -0.3 is 9.88 Å². The zero-order valence-corrected chi connectivity index (χ0v) is 16.9. The minimum absolute atomic E-state index is 0.240. The molecular formula is C20H17N7OS. The average molecular weight is 403 g/mol. The van der Waals surface area contributed by atoms with Gasteiger partial charge in [-0.1, -0.05) is 29.5 Å². The van der Waals surface area contributed by atoms with Gasteiger partial charge in [0.25, 0.3) is 5.56 Å². The number of benzene rings is 1. The summed E-state index contributed by atoms with van der Waals surface area (Å²) in [4.78, 5) is 17.7. The molecule has 0 saturated heterocycles. The highest BCUT2D eigenvalue weighted by Crippen LogP contribution is 2.28. The van der Waals surface area contributed by atoms with Crippen LogP contribution in [0.4, 0.5) is 10.8 Å². The predicted molar refractivity (Wildman–Crippen MR) is 114 cm³/mol. The molecule has 4 aromatic heterocycles. The first-order chi connectivity index (χ1) is 14.0. The standard InChI is InChI=1S/C20H17N7OS/c1-11-9-12(2)21-16-15(11)18-26(3)10-14(19(28)27(18)25-16)17-23-24-20(29-17)22-13-7-5-4-6-8-13/h4-10H,1-3H3,(H,22,24). The second kappa shape index (κ2) is 6.49. The summed E-state index contributed by atoms with van der Waals surface area (Å²) in [5.41, 5.74) is 4.30. The molecule has 0 bridgehead atoms. The van der Waals surface area contributed by atoms with Gasteiger partial charge >= 0.3 is 0 Å². The first-order valence-corrected chi connectivity index (χ1v) is 9.85. The van der Waals surface area contributed by atoms with E-state index >= 15 is 0 Å². The molecule has 0 aliphatic carbocycles. The van der Waals surface area contributed by atoms with Crippen molar-refractivity contribution < 1.29 is 0 Å². The van der Waals surface area contributed by atoms with Crippen molar-refractivity contribution in [2.75, 3.05) is 5.32 Å². The number of fused-ring (bicyclic) bond motifs is 3. The van der Waals surface area contributed by atoms with Crippen LogP contribution in [0.15, 0.2) is 47.4 Å². The van der Waals surface area contributed by atoms with Crippen molar-refractivity contribution in [1.82, 2.24) is 29.4 Å². The van der Waals surface area contributed by atoms with Crippen LogP contribution in [-0.2, 0) is 7.05 Å². The number of nitrogens with zero attached hydrogens (tertiary/aromatic N) is 6. The smallest absolute Gasteiger partial charge is 0.284 e. The maximum atomic E-state index is 13.2. The summed E-state index contributed by atoms with van der Waals surface area (Å²) in [7, 11) is 1.89. The van der Waals surface area contributed by atoms with Crippen molar-refractivity contribution in [2.45, 2.75) is 13.8 Å². The van der Waals surface area contributed by atoms with Gasteiger partial charge in [-0.2, -0.15) is 4.52 Å². The van der Waals surface area contributed by atoms with E-state index in [2.05, 4.69) is 25.6 Å². The molecule has 0 saturated carbocycles. The Balaban J connectivity index is 1.65. The highest BCUT2D eigenvalue weighted by Gasteiger charge is 2.19. The van der Waals surface area contributed by atoms with Gasteiger partial charge in [-0.3, -0.25) is 4.79 Å². The van der Waals surface area contributed by atoms with Gasteiger partial charge in [0.1, 0.15) is 5.65 Å². The number of aromatic nitrogens is 6. The normalized spacial score (nSPS) is 11.4. The lowest BCUT2D eigenvalue weighted by atomic mass is 10.2. The number of para-hydroxylation sites is 1. The number of rotatable bonds is 3. The molecule has 0 atom stereocenters. The zero-order chi connectivity index (χ0) is 20.1. The first kappa shape index (κ1) is 17.5. The van der Waals surface area contributed by atoms with Crippen LogP contribution >= 0.6 is 11.3 Å². The van der Waals surface area contributed by atoms with Crippen LogP contribution in [0.3, 0.4) is 0 Å². The second-order valence-electron chi connectivity index (χ2n) is 6.88. The summed E-state index contributed by atoms with van der Waals surface area (Å²) in [5.74, 6) is 0.